The Bertz CT molecular complexity index is 739. The van der Waals surface area contributed by atoms with Crippen LogP contribution in [0.4, 0.5) is 4.39 Å². The molecule has 0 saturated heterocycles. The van der Waals surface area contributed by atoms with Gasteiger partial charge in [-0.2, -0.15) is 0 Å². The van der Waals surface area contributed by atoms with Gasteiger partial charge in [-0.1, -0.05) is 25.0 Å². The number of quaternary nitrogens is 1. The van der Waals surface area contributed by atoms with E-state index in [9.17, 15) is 9.18 Å². The average molecular weight is 374 g/mol. The van der Waals surface area contributed by atoms with Crippen molar-refractivity contribution in [2.75, 3.05) is 0 Å². The van der Waals surface area contributed by atoms with Crippen molar-refractivity contribution in [3.8, 4) is 0 Å². The summed E-state index contributed by atoms with van der Waals surface area (Å²) in [7, 11) is 0. The van der Waals surface area contributed by atoms with Crippen LogP contribution in [0.3, 0.4) is 0 Å². The Hall–Kier alpha value is -1.72. The summed E-state index contributed by atoms with van der Waals surface area (Å²) >= 11 is 1.65. The van der Waals surface area contributed by atoms with Crippen molar-refractivity contribution in [3.05, 3.63) is 57.0 Å². The molecule has 2 N–H and O–H groups in total. The smallest absolute Gasteiger partial charge is 0.261 e. The molecule has 1 saturated carbocycles. The van der Waals surface area contributed by atoms with Crippen molar-refractivity contribution < 1.29 is 14.1 Å². The largest absolute Gasteiger partial charge is 0.347 e. The van der Waals surface area contributed by atoms with E-state index in [-0.39, 0.29) is 11.7 Å². The van der Waals surface area contributed by atoms with Crippen molar-refractivity contribution in [1.29, 1.82) is 0 Å². The highest BCUT2D eigenvalue weighted by Crippen LogP contribution is 2.26. The maximum atomic E-state index is 12.9. The van der Waals surface area contributed by atoms with E-state index in [1.807, 2.05) is 0 Å². The lowest BCUT2D eigenvalue weighted by Crippen LogP contribution is -3.11. The monoisotopic (exact) mass is 373 g/mol. The number of carbonyl (C=O) groups is 1. The molecule has 1 aliphatic carbocycles. The first-order valence-electron chi connectivity index (χ1n) is 9.68. The molecule has 1 amide bonds. The third-order valence-electron chi connectivity index (χ3n) is 5.72. The summed E-state index contributed by atoms with van der Waals surface area (Å²) in [4.78, 5) is 16.3. The van der Waals surface area contributed by atoms with E-state index in [0.29, 0.717) is 6.54 Å². The number of amides is 1. The molecule has 2 heterocycles. The number of hydrogen-bond acceptors (Lipinski definition) is 2. The molecule has 5 heteroatoms. The standard InChI is InChI=1S/C21H25FN2OS/c22-17-9-7-15(8-10-17)12-23-21(25)19-11-16-13-24(14-20(16)26-19)18-5-3-1-2-4-6-18/h7-11,18H,1-6,12-14H2,(H,23,25)/p+1. The third kappa shape index (κ3) is 3.99. The Morgan fingerprint density at radius 3 is 2.54 bits per heavy atom. The summed E-state index contributed by atoms with van der Waals surface area (Å²) in [5, 5.41) is 2.95. The third-order valence-corrected chi connectivity index (χ3v) is 6.90. The van der Waals surface area contributed by atoms with Gasteiger partial charge in [-0.15, -0.1) is 11.3 Å². The van der Waals surface area contributed by atoms with Crippen LogP contribution in [0.2, 0.25) is 0 Å². The first kappa shape index (κ1) is 17.7. The van der Waals surface area contributed by atoms with E-state index in [2.05, 4.69) is 11.4 Å². The fourth-order valence-electron chi connectivity index (χ4n) is 4.24. The van der Waals surface area contributed by atoms with Crippen LogP contribution in [0.5, 0.6) is 0 Å². The topological polar surface area (TPSA) is 33.5 Å². The van der Waals surface area contributed by atoms with Crippen LogP contribution in [0.1, 0.15) is 64.2 Å². The normalized spacial score (nSPS) is 20.6. The maximum absolute atomic E-state index is 12.9. The molecule has 1 unspecified atom stereocenters. The molecule has 0 bridgehead atoms. The number of benzene rings is 1. The van der Waals surface area contributed by atoms with Gasteiger partial charge in [0.05, 0.1) is 15.8 Å². The number of nitrogens with one attached hydrogen (secondary N) is 2. The summed E-state index contributed by atoms with van der Waals surface area (Å²) in [6.45, 7) is 2.58. The molecule has 1 aromatic heterocycles. The van der Waals surface area contributed by atoms with Gasteiger partial charge in [-0.3, -0.25) is 4.79 Å². The maximum Gasteiger partial charge on any atom is 0.261 e. The molecule has 2 aliphatic rings. The summed E-state index contributed by atoms with van der Waals surface area (Å²) < 4.78 is 12.9. The fraction of sp³-hybridized carbons (Fsp3) is 0.476. The van der Waals surface area contributed by atoms with Crippen molar-refractivity contribution in [2.24, 2.45) is 0 Å². The lowest BCUT2D eigenvalue weighted by Gasteiger charge is -2.23. The molecule has 0 radical (unpaired) electrons. The molecule has 0 spiro atoms. The van der Waals surface area contributed by atoms with Crippen molar-refractivity contribution in [2.45, 2.75) is 64.2 Å². The van der Waals surface area contributed by atoms with Crippen molar-refractivity contribution in [1.82, 2.24) is 5.32 Å². The highest BCUT2D eigenvalue weighted by atomic mass is 32.1. The Balaban J connectivity index is 1.34. The molecule has 138 valence electrons. The van der Waals surface area contributed by atoms with Crippen molar-refractivity contribution in [3.63, 3.8) is 0 Å². The number of carbonyl (C=O) groups excluding carboxylic acids is 1. The second kappa shape index (κ2) is 7.89. The molecular weight excluding hydrogens is 347 g/mol. The van der Waals surface area contributed by atoms with Gasteiger partial charge in [-0.05, 0) is 49.4 Å². The Morgan fingerprint density at radius 2 is 1.85 bits per heavy atom. The van der Waals surface area contributed by atoms with Gasteiger partial charge in [0, 0.05) is 12.1 Å². The first-order valence-corrected chi connectivity index (χ1v) is 10.5. The zero-order chi connectivity index (χ0) is 17.9. The second-order valence-corrected chi connectivity index (χ2v) is 8.71. The summed E-state index contributed by atoms with van der Waals surface area (Å²) in [6, 6.07) is 9.14. The van der Waals surface area contributed by atoms with E-state index in [1.54, 1.807) is 28.4 Å². The fourth-order valence-corrected chi connectivity index (χ4v) is 5.39. The Kier molecular flexibility index (Phi) is 5.36. The Morgan fingerprint density at radius 1 is 1.12 bits per heavy atom. The zero-order valence-electron chi connectivity index (χ0n) is 15.0. The molecule has 1 aliphatic heterocycles. The highest BCUT2D eigenvalue weighted by Gasteiger charge is 2.32. The van der Waals surface area contributed by atoms with Crippen LogP contribution in [0.25, 0.3) is 0 Å². The van der Waals surface area contributed by atoms with E-state index in [4.69, 9.17) is 0 Å². The number of thiophene rings is 1. The molecule has 3 nitrogen and oxygen atoms in total. The molecule has 1 fully saturated rings. The second-order valence-electron chi connectivity index (χ2n) is 7.57. The minimum absolute atomic E-state index is 0.0234. The van der Waals surface area contributed by atoms with Gasteiger partial charge in [0.15, 0.2) is 0 Å². The van der Waals surface area contributed by atoms with Crippen LogP contribution in [0.15, 0.2) is 30.3 Å². The predicted octanol–water partition coefficient (Wildman–Crippen LogP) is 3.44. The van der Waals surface area contributed by atoms with E-state index < -0.39 is 0 Å². The van der Waals surface area contributed by atoms with Crippen LogP contribution >= 0.6 is 11.3 Å². The predicted molar refractivity (Wildman–Crippen MR) is 102 cm³/mol. The van der Waals surface area contributed by atoms with Gasteiger partial charge in [-0.25, -0.2) is 4.39 Å². The highest BCUT2D eigenvalue weighted by molar-refractivity contribution is 7.14. The SMILES string of the molecule is O=C(NCc1ccc(F)cc1)c1cc2c(s1)C[NH+](C1CCCCCC1)C2. The van der Waals surface area contributed by atoms with E-state index >= 15 is 0 Å². The number of hydrogen-bond donors (Lipinski definition) is 2. The quantitative estimate of drug-likeness (QED) is 0.791. The zero-order valence-corrected chi connectivity index (χ0v) is 15.8. The van der Waals surface area contributed by atoms with Crippen LogP contribution in [-0.4, -0.2) is 11.9 Å². The Labute approximate surface area is 158 Å². The van der Waals surface area contributed by atoms with E-state index in [1.165, 1.54) is 61.1 Å². The van der Waals surface area contributed by atoms with Gasteiger partial charge in [0.2, 0.25) is 0 Å². The molecule has 1 aromatic carbocycles. The lowest BCUT2D eigenvalue weighted by molar-refractivity contribution is -0.946. The van der Waals surface area contributed by atoms with Gasteiger partial charge in [0.1, 0.15) is 18.9 Å². The van der Waals surface area contributed by atoms with Crippen LogP contribution < -0.4 is 10.2 Å². The molecule has 2 aromatic rings. The van der Waals surface area contributed by atoms with Crippen molar-refractivity contribution >= 4 is 17.2 Å². The molecule has 1 atom stereocenters. The summed E-state index contributed by atoms with van der Waals surface area (Å²) in [5.74, 6) is -0.278. The van der Waals surface area contributed by atoms with Gasteiger partial charge >= 0.3 is 0 Å². The number of halogens is 1. The van der Waals surface area contributed by atoms with Crippen LogP contribution in [-0.2, 0) is 19.6 Å². The molecule has 4 rings (SSSR count). The lowest BCUT2D eigenvalue weighted by atomic mass is 10.1. The summed E-state index contributed by atoms with van der Waals surface area (Å²) in [6.07, 6.45) is 8.25. The number of fused-ring (bicyclic) bond motifs is 1. The average Bonchev–Trinajstić information content (AvgIpc) is 3.09. The number of rotatable bonds is 4. The molecule has 26 heavy (non-hydrogen) atoms. The summed E-state index contributed by atoms with van der Waals surface area (Å²) in [5.41, 5.74) is 2.27. The molecular formula is C21H26FN2OS+. The minimum Gasteiger partial charge on any atom is -0.347 e. The van der Waals surface area contributed by atoms with Gasteiger partial charge in [0.25, 0.3) is 5.91 Å². The minimum atomic E-state index is -0.254. The first-order chi connectivity index (χ1) is 12.7. The van der Waals surface area contributed by atoms with Gasteiger partial charge < -0.3 is 10.2 Å². The van der Waals surface area contributed by atoms with Crippen LogP contribution in [0, 0.1) is 5.82 Å². The van der Waals surface area contributed by atoms with E-state index in [0.717, 1.165) is 29.6 Å².